The number of nitrogens with one attached hydrogen (secondary N) is 2. The van der Waals surface area contributed by atoms with Crippen molar-refractivity contribution in [1.82, 2.24) is 38.2 Å². The number of imidazole rings is 2. The molecule has 208 valence electrons. The van der Waals surface area contributed by atoms with Gasteiger partial charge in [-0.25, -0.2) is 19.6 Å². The van der Waals surface area contributed by atoms with Crippen LogP contribution in [0.2, 0.25) is 0 Å². The van der Waals surface area contributed by atoms with Crippen LogP contribution in [0.3, 0.4) is 0 Å². The molecule has 2 N–H and O–H groups in total. The van der Waals surface area contributed by atoms with Crippen molar-refractivity contribution in [1.29, 1.82) is 0 Å². The summed E-state index contributed by atoms with van der Waals surface area (Å²) < 4.78 is 5.73. The zero-order chi connectivity index (χ0) is 28.6. The van der Waals surface area contributed by atoms with Crippen LogP contribution in [-0.4, -0.2) is 49.8 Å². The summed E-state index contributed by atoms with van der Waals surface area (Å²) in [7, 11) is 3.00. The summed E-state index contributed by atoms with van der Waals surface area (Å²) in [4.78, 5) is 88.0. The Kier molecular flexibility index (Phi) is 7.39. The van der Waals surface area contributed by atoms with E-state index in [0.29, 0.717) is 19.3 Å². The van der Waals surface area contributed by atoms with Gasteiger partial charge >= 0.3 is 11.4 Å². The molecule has 0 unspecified atom stereocenters. The molecular formula is C25H32N8O6. The quantitative estimate of drug-likeness (QED) is 0.254. The van der Waals surface area contributed by atoms with Crippen LogP contribution < -0.4 is 22.5 Å². The average molecular weight is 541 g/mol. The van der Waals surface area contributed by atoms with E-state index in [4.69, 9.17) is 0 Å². The first kappa shape index (κ1) is 27.7. The second kappa shape index (κ2) is 10.4. The summed E-state index contributed by atoms with van der Waals surface area (Å²) in [6, 6.07) is 0. The van der Waals surface area contributed by atoms with Gasteiger partial charge in [-0.1, -0.05) is 13.3 Å². The molecule has 0 radical (unpaired) electrons. The Morgan fingerprint density at radius 1 is 0.821 bits per heavy atom. The SMILES string of the molecule is CCCC(CCC(Cn1cnc2c1c(=O)[nH]c(=O)n2C)Cn1cnc2c1c(=O)[nH]c(=O)n2C)(C(C)=O)C(C)=O. The third-order valence-corrected chi connectivity index (χ3v) is 7.67. The van der Waals surface area contributed by atoms with E-state index in [0.717, 1.165) is 0 Å². The summed E-state index contributed by atoms with van der Waals surface area (Å²) in [5.74, 6) is -0.702. The van der Waals surface area contributed by atoms with Gasteiger partial charge in [-0.15, -0.1) is 0 Å². The fourth-order valence-corrected chi connectivity index (χ4v) is 5.40. The van der Waals surface area contributed by atoms with Crippen molar-refractivity contribution in [2.45, 2.75) is 59.5 Å². The van der Waals surface area contributed by atoms with Gasteiger partial charge in [-0.05, 0) is 39.0 Å². The highest BCUT2D eigenvalue weighted by atomic mass is 16.2. The fourth-order valence-electron chi connectivity index (χ4n) is 5.40. The van der Waals surface area contributed by atoms with Gasteiger partial charge in [0.2, 0.25) is 0 Å². The third kappa shape index (κ3) is 4.81. The summed E-state index contributed by atoms with van der Waals surface area (Å²) in [6.45, 7) is 5.25. The van der Waals surface area contributed by atoms with Crippen LogP contribution in [0.25, 0.3) is 22.3 Å². The van der Waals surface area contributed by atoms with E-state index in [1.807, 2.05) is 6.92 Å². The second-order valence-electron chi connectivity index (χ2n) is 10.1. The van der Waals surface area contributed by atoms with Gasteiger partial charge < -0.3 is 9.13 Å². The van der Waals surface area contributed by atoms with Crippen LogP contribution in [0.1, 0.15) is 46.5 Å². The summed E-state index contributed by atoms with van der Waals surface area (Å²) in [6.07, 6.45) is 4.66. The van der Waals surface area contributed by atoms with Gasteiger partial charge in [0.1, 0.15) is 11.6 Å². The van der Waals surface area contributed by atoms with Crippen LogP contribution in [-0.2, 0) is 36.8 Å². The Bertz CT molecular complexity index is 1690. The van der Waals surface area contributed by atoms with Crippen molar-refractivity contribution in [3.63, 3.8) is 0 Å². The van der Waals surface area contributed by atoms with Crippen LogP contribution in [0, 0.1) is 11.3 Å². The van der Waals surface area contributed by atoms with Gasteiger partial charge in [-0.2, -0.15) is 0 Å². The van der Waals surface area contributed by atoms with E-state index in [-0.39, 0.29) is 59.3 Å². The lowest BCUT2D eigenvalue weighted by molar-refractivity contribution is -0.139. The molecule has 0 saturated carbocycles. The number of rotatable bonds is 11. The maximum atomic E-state index is 12.7. The normalized spacial score (nSPS) is 12.2. The minimum atomic E-state index is -1.14. The maximum Gasteiger partial charge on any atom is 0.329 e. The Morgan fingerprint density at radius 2 is 1.26 bits per heavy atom. The van der Waals surface area contributed by atoms with E-state index < -0.39 is 27.9 Å². The van der Waals surface area contributed by atoms with Crippen molar-refractivity contribution in [2.24, 2.45) is 25.4 Å². The number of hydrogen-bond acceptors (Lipinski definition) is 8. The van der Waals surface area contributed by atoms with Crippen LogP contribution >= 0.6 is 0 Å². The van der Waals surface area contributed by atoms with Crippen LogP contribution in [0.4, 0.5) is 0 Å². The molecule has 4 aromatic rings. The number of aryl methyl sites for hydroxylation is 2. The number of aromatic nitrogens is 8. The fraction of sp³-hybridized carbons (Fsp3) is 0.520. The van der Waals surface area contributed by atoms with Crippen molar-refractivity contribution in [3.8, 4) is 0 Å². The van der Waals surface area contributed by atoms with Gasteiger partial charge in [0, 0.05) is 27.2 Å². The topological polar surface area (TPSA) is 180 Å². The van der Waals surface area contributed by atoms with Gasteiger partial charge in [0.15, 0.2) is 22.3 Å². The number of aromatic amines is 2. The van der Waals surface area contributed by atoms with Crippen molar-refractivity contribution in [2.75, 3.05) is 0 Å². The van der Waals surface area contributed by atoms with E-state index >= 15 is 0 Å². The minimum absolute atomic E-state index is 0.199. The molecule has 4 aromatic heterocycles. The molecule has 14 nitrogen and oxygen atoms in total. The predicted molar refractivity (Wildman–Crippen MR) is 143 cm³/mol. The maximum absolute atomic E-state index is 12.7. The molecule has 0 aromatic carbocycles. The first-order valence-corrected chi connectivity index (χ1v) is 12.7. The number of carbonyl (C=O) groups excluding carboxylic acids is 2. The van der Waals surface area contributed by atoms with E-state index in [2.05, 4.69) is 19.9 Å². The van der Waals surface area contributed by atoms with E-state index in [1.54, 1.807) is 9.13 Å². The zero-order valence-corrected chi connectivity index (χ0v) is 22.6. The smallest absolute Gasteiger partial charge is 0.324 e. The number of fused-ring (bicyclic) bond motifs is 2. The number of nitrogens with zero attached hydrogens (tertiary/aromatic N) is 6. The summed E-state index contributed by atoms with van der Waals surface area (Å²) >= 11 is 0. The molecule has 0 spiro atoms. The van der Waals surface area contributed by atoms with Crippen LogP contribution in [0.15, 0.2) is 31.8 Å². The first-order chi connectivity index (χ1) is 18.4. The highest BCUT2D eigenvalue weighted by molar-refractivity contribution is 6.05. The number of Topliss-reactive ketones (excluding diaryl/α,β-unsaturated/α-hetero) is 2. The largest absolute Gasteiger partial charge is 0.329 e. The molecule has 4 rings (SSSR count). The minimum Gasteiger partial charge on any atom is -0.324 e. The Balaban J connectivity index is 1.79. The van der Waals surface area contributed by atoms with Gasteiger partial charge in [0.25, 0.3) is 11.1 Å². The number of hydrogen-bond donors (Lipinski definition) is 2. The average Bonchev–Trinajstić information content (AvgIpc) is 3.48. The zero-order valence-electron chi connectivity index (χ0n) is 22.6. The molecule has 4 heterocycles. The summed E-state index contributed by atoms with van der Waals surface area (Å²) in [5.41, 5.74) is -2.64. The van der Waals surface area contributed by atoms with E-state index in [1.165, 1.54) is 49.7 Å². The molecule has 0 aliphatic carbocycles. The predicted octanol–water partition coefficient (Wildman–Crippen LogP) is 0.221. The molecule has 0 fully saturated rings. The lowest BCUT2D eigenvalue weighted by Gasteiger charge is -2.30. The second-order valence-corrected chi connectivity index (χ2v) is 10.1. The van der Waals surface area contributed by atoms with Gasteiger partial charge in [0.05, 0.1) is 18.1 Å². The van der Waals surface area contributed by atoms with Crippen molar-refractivity contribution >= 4 is 33.9 Å². The molecule has 39 heavy (non-hydrogen) atoms. The summed E-state index contributed by atoms with van der Waals surface area (Å²) in [5, 5.41) is 0. The third-order valence-electron chi connectivity index (χ3n) is 7.67. The molecule has 14 heteroatoms. The molecular weight excluding hydrogens is 508 g/mol. The Labute approximate surface area is 221 Å². The molecule has 0 saturated heterocycles. The monoisotopic (exact) mass is 540 g/mol. The standard InChI is InChI=1S/C25H32N8O6/c1-6-8-25(14(2)34,15(3)35)9-7-16(10-32-12-26-19-17(32)21(36)28-23(38)30(19)4)11-33-13-27-20-18(33)22(37)29-24(39)31(20)5/h12-13,16H,6-11H2,1-5H3,(H,28,36,38)(H,29,37,39). The lowest BCUT2D eigenvalue weighted by Crippen LogP contribution is -2.37. The molecule has 0 aliphatic rings. The molecule has 0 bridgehead atoms. The molecule has 0 aliphatic heterocycles. The lowest BCUT2D eigenvalue weighted by atomic mass is 9.71. The number of H-pyrrole nitrogens is 2. The van der Waals surface area contributed by atoms with Gasteiger partial charge in [-0.3, -0.25) is 38.3 Å². The highest BCUT2D eigenvalue weighted by Gasteiger charge is 2.39. The molecule has 0 amide bonds. The number of ketones is 2. The Hall–Kier alpha value is -4.36. The van der Waals surface area contributed by atoms with Crippen molar-refractivity contribution < 1.29 is 9.59 Å². The molecule has 0 atom stereocenters. The van der Waals surface area contributed by atoms with Crippen molar-refractivity contribution in [3.05, 3.63) is 54.3 Å². The van der Waals surface area contributed by atoms with Crippen LogP contribution in [0.5, 0.6) is 0 Å². The number of carbonyl (C=O) groups is 2. The first-order valence-electron chi connectivity index (χ1n) is 12.7. The Morgan fingerprint density at radius 3 is 1.64 bits per heavy atom. The highest BCUT2D eigenvalue weighted by Crippen LogP contribution is 2.34. The van der Waals surface area contributed by atoms with E-state index in [9.17, 15) is 28.8 Å².